The van der Waals surface area contributed by atoms with Crippen molar-refractivity contribution >= 4 is 33.1 Å². The molecule has 1 saturated carbocycles. The predicted molar refractivity (Wildman–Crippen MR) is 105 cm³/mol. The van der Waals surface area contributed by atoms with E-state index in [1.165, 1.54) is 25.3 Å². The van der Waals surface area contributed by atoms with Crippen molar-refractivity contribution in [3.8, 4) is 0 Å². The first-order valence-corrected chi connectivity index (χ1v) is 9.59. The van der Waals surface area contributed by atoms with Crippen molar-refractivity contribution in [3.05, 3.63) is 58.3 Å². The van der Waals surface area contributed by atoms with E-state index in [1.54, 1.807) is 6.07 Å². The second-order valence-corrected chi connectivity index (χ2v) is 7.75. The molecule has 2 N–H and O–H groups in total. The van der Waals surface area contributed by atoms with Gasteiger partial charge in [-0.2, -0.15) is 0 Å². The SMILES string of the molecule is Fc1cc(Br)ccc1CN=C1Nc2ccccc2NC12CCCCC2. The first kappa shape index (κ1) is 16.6. The van der Waals surface area contributed by atoms with Crippen molar-refractivity contribution in [2.24, 2.45) is 4.99 Å². The van der Waals surface area contributed by atoms with E-state index < -0.39 is 0 Å². The fourth-order valence-electron chi connectivity index (χ4n) is 3.79. The molecule has 2 aromatic rings. The lowest BCUT2D eigenvalue weighted by atomic mass is 9.79. The van der Waals surface area contributed by atoms with Crippen LogP contribution in [0.2, 0.25) is 0 Å². The molecule has 2 aromatic carbocycles. The molecule has 1 fully saturated rings. The molecule has 1 aliphatic carbocycles. The molecule has 130 valence electrons. The van der Waals surface area contributed by atoms with Crippen molar-refractivity contribution < 1.29 is 4.39 Å². The Morgan fingerprint density at radius 1 is 1.04 bits per heavy atom. The van der Waals surface area contributed by atoms with Gasteiger partial charge < -0.3 is 10.6 Å². The third-order valence-corrected chi connectivity index (χ3v) is 5.63. The summed E-state index contributed by atoms with van der Waals surface area (Å²) in [5, 5.41) is 7.24. The minimum atomic E-state index is -0.222. The Morgan fingerprint density at radius 3 is 2.56 bits per heavy atom. The van der Waals surface area contributed by atoms with Crippen LogP contribution in [0.15, 0.2) is 51.9 Å². The number of aliphatic imine (C=N–C) groups is 1. The quantitative estimate of drug-likeness (QED) is 0.674. The van der Waals surface area contributed by atoms with Gasteiger partial charge in [0, 0.05) is 10.0 Å². The van der Waals surface area contributed by atoms with E-state index >= 15 is 0 Å². The Kier molecular flexibility index (Phi) is 4.50. The molecule has 0 bridgehead atoms. The molecule has 0 aromatic heterocycles. The number of amidine groups is 1. The van der Waals surface area contributed by atoms with E-state index in [1.807, 2.05) is 24.3 Å². The van der Waals surface area contributed by atoms with E-state index in [4.69, 9.17) is 4.99 Å². The lowest BCUT2D eigenvalue weighted by Crippen LogP contribution is -2.53. The van der Waals surface area contributed by atoms with Crippen LogP contribution in [0.25, 0.3) is 0 Å². The van der Waals surface area contributed by atoms with Gasteiger partial charge in [0.25, 0.3) is 0 Å². The maximum Gasteiger partial charge on any atom is 0.129 e. The molecule has 5 heteroatoms. The third kappa shape index (κ3) is 3.30. The average molecular weight is 402 g/mol. The van der Waals surface area contributed by atoms with Crippen LogP contribution in [0.4, 0.5) is 15.8 Å². The van der Waals surface area contributed by atoms with Crippen molar-refractivity contribution in [3.63, 3.8) is 0 Å². The summed E-state index contributed by atoms with van der Waals surface area (Å²) in [5.41, 5.74) is 2.62. The fourth-order valence-corrected chi connectivity index (χ4v) is 4.12. The normalized spacial score (nSPS) is 20.0. The molecule has 0 saturated heterocycles. The minimum absolute atomic E-state index is 0.154. The highest BCUT2D eigenvalue weighted by Gasteiger charge is 2.40. The van der Waals surface area contributed by atoms with Crippen LogP contribution in [-0.4, -0.2) is 11.4 Å². The van der Waals surface area contributed by atoms with Crippen molar-refractivity contribution in [1.29, 1.82) is 0 Å². The minimum Gasteiger partial charge on any atom is -0.371 e. The Balaban J connectivity index is 1.67. The maximum absolute atomic E-state index is 14.1. The number of para-hydroxylation sites is 2. The van der Waals surface area contributed by atoms with Crippen LogP contribution < -0.4 is 10.6 Å². The van der Waals surface area contributed by atoms with Gasteiger partial charge in [0.2, 0.25) is 0 Å². The molecule has 0 atom stereocenters. The van der Waals surface area contributed by atoms with Gasteiger partial charge in [-0.05, 0) is 37.1 Å². The summed E-state index contributed by atoms with van der Waals surface area (Å²) in [6, 6.07) is 13.4. The van der Waals surface area contributed by atoms with E-state index in [9.17, 15) is 4.39 Å². The Morgan fingerprint density at radius 2 is 1.80 bits per heavy atom. The van der Waals surface area contributed by atoms with Gasteiger partial charge in [-0.1, -0.05) is 53.4 Å². The number of rotatable bonds is 2. The van der Waals surface area contributed by atoms with E-state index in [0.717, 1.165) is 34.5 Å². The van der Waals surface area contributed by atoms with Crippen LogP contribution in [-0.2, 0) is 6.54 Å². The lowest BCUT2D eigenvalue weighted by Gasteiger charge is -2.44. The van der Waals surface area contributed by atoms with Crippen molar-refractivity contribution in [1.82, 2.24) is 0 Å². The summed E-state index contributed by atoms with van der Waals surface area (Å²) in [6.45, 7) is 0.340. The van der Waals surface area contributed by atoms with E-state index in [-0.39, 0.29) is 11.4 Å². The fraction of sp³-hybridized carbons (Fsp3) is 0.350. The number of hydrogen-bond acceptors (Lipinski definition) is 2. The summed E-state index contributed by atoms with van der Waals surface area (Å²) in [4.78, 5) is 4.81. The van der Waals surface area contributed by atoms with Crippen LogP contribution in [0.5, 0.6) is 0 Å². The zero-order valence-electron chi connectivity index (χ0n) is 14.0. The highest BCUT2D eigenvalue weighted by atomic mass is 79.9. The zero-order valence-corrected chi connectivity index (χ0v) is 15.6. The summed E-state index contributed by atoms with van der Waals surface area (Å²) in [5.74, 6) is 0.716. The topological polar surface area (TPSA) is 36.4 Å². The largest absolute Gasteiger partial charge is 0.371 e. The van der Waals surface area contributed by atoms with Gasteiger partial charge in [0.05, 0.1) is 23.5 Å². The van der Waals surface area contributed by atoms with Gasteiger partial charge in [-0.25, -0.2) is 4.39 Å². The molecule has 0 amide bonds. The number of anilines is 2. The number of nitrogens with one attached hydrogen (secondary N) is 2. The molecule has 1 heterocycles. The van der Waals surface area contributed by atoms with Gasteiger partial charge in [-0.3, -0.25) is 4.99 Å². The van der Waals surface area contributed by atoms with Crippen molar-refractivity contribution in [2.75, 3.05) is 10.6 Å². The van der Waals surface area contributed by atoms with Crippen LogP contribution >= 0.6 is 15.9 Å². The monoisotopic (exact) mass is 401 g/mol. The third-order valence-electron chi connectivity index (χ3n) is 5.14. The Hall–Kier alpha value is -1.88. The van der Waals surface area contributed by atoms with Gasteiger partial charge >= 0.3 is 0 Å². The first-order chi connectivity index (χ1) is 12.2. The standard InChI is InChI=1S/C20H21BrFN3/c21-15-9-8-14(16(22)12-15)13-23-19-20(10-4-1-5-11-20)25-18-7-3-2-6-17(18)24-19/h2-3,6-9,12,25H,1,4-5,10-11,13H2,(H,23,24). The lowest BCUT2D eigenvalue weighted by molar-refractivity contribution is 0.402. The summed E-state index contributed by atoms with van der Waals surface area (Å²) < 4.78 is 14.9. The highest BCUT2D eigenvalue weighted by molar-refractivity contribution is 9.10. The molecule has 25 heavy (non-hydrogen) atoms. The molecule has 0 radical (unpaired) electrons. The number of nitrogens with zero attached hydrogens (tertiary/aromatic N) is 1. The molecule has 3 nitrogen and oxygen atoms in total. The number of halogens is 2. The number of fused-ring (bicyclic) bond motifs is 1. The molecular weight excluding hydrogens is 381 g/mol. The second kappa shape index (κ2) is 6.79. The number of benzene rings is 2. The molecule has 1 spiro atoms. The van der Waals surface area contributed by atoms with E-state index in [0.29, 0.717) is 12.1 Å². The Labute approximate surface area is 155 Å². The van der Waals surface area contributed by atoms with Crippen LogP contribution in [0.3, 0.4) is 0 Å². The first-order valence-electron chi connectivity index (χ1n) is 8.79. The predicted octanol–water partition coefficient (Wildman–Crippen LogP) is 5.73. The van der Waals surface area contributed by atoms with Gasteiger partial charge in [0.1, 0.15) is 11.7 Å². The molecule has 2 aliphatic rings. The second-order valence-electron chi connectivity index (χ2n) is 6.84. The molecular formula is C20H21BrFN3. The summed E-state index contributed by atoms with van der Waals surface area (Å²) >= 11 is 3.30. The van der Waals surface area contributed by atoms with Gasteiger partial charge in [-0.15, -0.1) is 0 Å². The smallest absolute Gasteiger partial charge is 0.129 e. The zero-order chi connectivity index (χ0) is 17.3. The highest BCUT2D eigenvalue weighted by Crippen LogP contribution is 2.39. The Bertz CT molecular complexity index is 812. The number of hydrogen-bond donors (Lipinski definition) is 2. The molecule has 0 unspecified atom stereocenters. The summed E-state index contributed by atoms with van der Waals surface area (Å²) in [6.07, 6.45) is 5.73. The summed E-state index contributed by atoms with van der Waals surface area (Å²) in [7, 11) is 0. The van der Waals surface area contributed by atoms with E-state index in [2.05, 4.69) is 32.6 Å². The van der Waals surface area contributed by atoms with Crippen molar-refractivity contribution in [2.45, 2.75) is 44.2 Å². The maximum atomic E-state index is 14.1. The molecule has 1 aliphatic heterocycles. The molecule has 4 rings (SSSR count). The average Bonchev–Trinajstić information content (AvgIpc) is 2.62. The van der Waals surface area contributed by atoms with Crippen LogP contribution in [0.1, 0.15) is 37.7 Å². The van der Waals surface area contributed by atoms with Gasteiger partial charge in [0.15, 0.2) is 0 Å². The van der Waals surface area contributed by atoms with Crippen LogP contribution in [0, 0.1) is 5.82 Å².